The van der Waals surface area contributed by atoms with E-state index >= 15 is 0 Å². The molecular formula is C20H18BrN3O3. The Balaban J connectivity index is 1.56. The summed E-state index contributed by atoms with van der Waals surface area (Å²) in [6.45, 7) is -0.126. The summed E-state index contributed by atoms with van der Waals surface area (Å²) in [6, 6.07) is 16.2. The van der Waals surface area contributed by atoms with E-state index in [1.54, 1.807) is 24.3 Å². The molecule has 0 saturated carbocycles. The van der Waals surface area contributed by atoms with Crippen molar-refractivity contribution in [1.82, 2.24) is 10.3 Å². The number of aromatic nitrogens is 1. The SMILES string of the molecule is NC(Cc1ccccc1)c1nc(C(=O)NCC(=O)c2ccc(Br)cc2)co1. The van der Waals surface area contributed by atoms with Crippen LogP contribution in [0, 0.1) is 0 Å². The predicted molar refractivity (Wildman–Crippen MR) is 104 cm³/mol. The quantitative estimate of drug-likeness (QED) is 0.563. The van der Waals surface area contributed by atoms with Crippen molar-refractivity contribution in [2.75, 3.05) is 6.54 Å². The van der Waals surface area contributed by atoms with Crippen LogP contribution in [0.25, 0.3) is 0 Å². The van der Waals surface area contributed by atoms with Crippen molar-refractivity contribution in [3.8, 4) is 0 Å². The first kappa shape index (κ1) is 19.0. The fraction of sp³-hybridized carbons (Fsp3) is 0.150. The van der Waals surface area contributed by atoms with Crippen molar-refractivity contribution in [2.24, 2.45) is 5.73 Å². The molecule has 7 heteroatoms. The fourth-order valence-electron chi connectivity index (χ4n) is 2.51. The highest BCUT2D eigenvalue weighted by atomic mass is 79.9. The van der Waals surface area contributed by atoms with Crippen LogP contribution in [0.2, 0.25) is 0 Å². The number of ketones is 1. The number of halogens is 1. The first-order chi connectivity index (χ1) is 13.0. The number of carbonyl (C=O) groups is 2. The van der Waals surface area contributed by atoms with Gasteiger partial charge in [0.2, 0.25) is 5.89 Å². The third kappa shape index (κ3) is 5.12. The van der Waals surface area contributed by atoms with Crippen molar-refractivity contribution in [3.05, 3.63) is 88.0 Å². The Labute approximate surface area is 164 Å². The lowest BCUT2D eigenvalue weighted by molar-refractivity contribution is 0.0900. The van der Waals surface area contributed by atoms with Crippen molar-refractivity contribution in [3.63, 3.8) is 0 Å². The van der Waals surface area contributed by atoms with Crippen LogP contribution in [-0.2, 0) is 6.42 Å². The van der Waals surface area contributed by atoms with E-state index in [-0.39, 0.29) is 23.9 Å². The number of nitrogens with zero attached hydrogens (tertiary/aromatic N) is 1. The number of Topliss-reactive ketones (excluding diaryl/α,β-unsaturated/α-hetero) is 1. The molecular weight excluding hydrogens is 410 g/mol. The lowest BCUT2D eigenvalue weighted by Gasteiger charge is -2.07. The van der Waals surface area contributed by atoms with Crippen molar-refractivity contribution in [2.45, 2.75) is 12.5 Å². The summed E-state index contributed by atoms with van der Waals surface area (Å²) in [6.07, 6.45) is 1.80. The summed E-state index contributed by atoms with van der Waals surface area (Å²) >= 11 is 3.31. The monoisotopic (exact) mass is 427 g/mol. The third-order valence-corrected chi connectivity index (χ3v) is 4.47. The molecule has 0 bridgehead atoms. The number of nitrogens with two attached hydrogens (primary N) is 1. The first-order valence-electron chi connectivity index (χ1n) is 8.35. The van der Waals surface area contributed by atoms with Crippen LogP contribution in [0.5, 0.6) is 0 Å². The lowest BCUT2D eigenvalue weighted by Crippen LogP contribution is -2.29. The van der Waals surface area contributed by atoms with Crippen molar-refractivity contribution in [1.29, 1.82) is 0 Å². The molecule has 0 fully saturated rings. The second-order valence-electron chi connectivity index (χ2n) is 5.98. The van der Waals surface area contributed by atoms with Crippen molar-refractivity contribution < 1.29 is 14.0 Å². The maximum absolute atomic E-state index is 12.2. The number of oxazole rings is 1. The van der Waals surface area contributed by atoms with Gasteiger partial charge < -0.3 is 15.5 Å². The van der Waals surface area contributed by atoms with Crippen LogP contribution < -0.4 is 11.1 Å². The average Bonchev–Trinajstić information content (AvgIpc) is 3.18. The summed E-state index contributed by atoms with van der Waals surface area (Å²) in [5.74, 6) is -0.397. The topological polar surface area (TPSA) is 98.2 Å². The minimum Gasteiger partial charge on any atom is -0.446 e. The van der Waals surface area contributed by atoms with Gasteiger partial charge in [0.15, 0.2) is 11.5 Å². The van der Waals surface area contributed by atoms with E-state index in [0.29, 0.717) is 12.0 Å². The molecule has 138 valence electrons. The third-order valence-electron chi connectivity index (χ3n) is 3.95. The first-order valence-corrected chi connectivity index (χ1v) is 9.14. The summed E-state index contributed by atoms with van der Waals surface area (Å²) < 4.78 is 6.22. The molecule has 1 atom stereocenters. The molecule has 1 aromatic heterocycles. The van der Waals surface area contributed by atoms with E-state index in [1.807, 2.05) is 30.3 Å². The molecule has 0 aliphatic heterocycles. The Hall–Kier alpha value is -2.77. The Morgan fingerprint density at radius 1 is 1.11 bits per heavy atom. The van der Waals surface area contributed by atoms with Crippen LogP contribution in [-0.4, -0.2) is 23.2 Å². The van der Waals surface area contributed by atoms with Crippen molar-refractivity contribution >= 4 is 27.6 Å². The van der Waals surface area contributed by atoms with E-state index in [2.05, 4.69) is 26.2 Å². The van der Waals surface area contributed by atoms with Gasteiger partial charge >= 0.3 is 0 Å². The summed E-state index contributed by atoms with van der Waals surface area (Å²) in [7, 11) is 0. The molecule has 3 aromatic rings. The Bertz CT molecular complexity index is 923. The van der Waals surface area contributed by atoms with Gasteiger partial charge in [0.25, 0.3) is 5.91 Å². The second kappa shape index (κ2) is 8.75. The van der Waals surface area contributed by atoms with Gasteiger partial charge in [-0.3, -0.25) is 9.59 Å². The molecule has 0 radical (unpaired) electrons. The van der Waals surface area contributed by atoms with Gasteiger partial charge in [0.05, 0.1) is 12.6 Å². The average molecular weight is 428 g/mol. The number of rotatable bonds is 7. The normalized spacial score (nSPS) is 11.8. The molecule has 27 heavy (non-hydrogen) atoms. The largest absolute Gasteiger partial charge is 0.446 e. The van der Waals surface area contributed by atoms with Gasteiger partial charge in [-0.15, -0.1) is 0 Å². The minimum atomic E-state index is -0.484. The fourth-order valence-corrected chi connectivity index (χ4v) is 2.77. The smallest absolute Gasteiger partial charge is 0.273 e. The van der Waals surface area contributed by atoms with Gasteiger partial charge in [-0.2, -0.15) is 0 Å². The summed E-state index contributed by atoms with van der Waals surface area (Å²) in [4.78, 5) is 28.5. The highest BCUT2D eigenvalue weighted by Gasteiger charge is 2.18. The van der Waals surface area contributed by atoms with Crippen LogP contribution in [0.15, 0.2) is 69.8 Å². The van der Waals surface area contributed by atoms with Crippen LogP contribution in [0.1, 0.15) is 38.3 Å². The number of hydrogen-bond acceptors (Lipinski definition) is 5. The Morgan fingerprint density at radius 2 is 1.81 bits per heavy atom. The van der Waals surface area contributed by atoms with Crippen LogP contribution in [0.4, 0.5) is 0 Å². The molecule has 3 rings (SSSR count). The van der Waals surface area contributed by atoms with Gasteiger partial charge in [-0.05, 0) is 24.1 Å². The highest BCUT2D eigenvalue weighted by molar-refractivity contribution is 9.10. The summed E-state index contributed by atoms with van der Waals surface area (Å²) in [5, 5.41) is 2.55. The minimum absolute atomic E-state index is 0.0946. The van der Waals surface area contributed by atoms with E-state index in [4.69, 9.17) is 10.2 Å². The number of carbonyl (C=O) groups excluding carboxylic acids is 2. The zero-order valence-corrected chi connectivity index (χ0v) is 16.0. The van der Waals surface area contributed by atoms with E-state index in [9.17, 15) is 9.59 Å². The molecule has 0 saturated heterocycles. The number of benzene rings is 2. The molecule has 1 unspecified atom stereocenters. The highest BCUT2D eigenvalue weighted by Crippen LogP contribution is 2.16. The van der Waals surface area contributed by atoms with E-state index < -0.39 is 11.9 Å². The van der Waals surface area contributed by atoms with Gasteiger partial charge in [0, 0.05) is 10.0 Å². The number of hydrogen-bond donors (Lipinski definition) is 2. The predicted octanol–water partition coefficient (Wildman–Crippen LogP) is 3.29. The molecule has 3 N–H and O–H groups in total. The number of amides is 1. The number of nitrogens with one attached hydrogen (secondary N) is 1. The lowest BCUT2D eigenvalue weighted by atomic mass is 10.1. The molecule has 0 aliphatic rings. The zero-order valence-electron chi connectivity index (χ0n) is 14.4. The second-order valence-corrected chi connectivity index (χ2v) is 6.90. The molecule has 0 aliphatic carbocycles. The van der Waals surface area contributed by atoms with E-state index in [0.717, 1.165) is 10.0 Å². The summed E-state index contributed by atoms with van der Waals surface area (Å²) in [5.41, 5.74) is 7.77. The van der Waals surface area contributed by atoms with Gasteiger partial charge in [-0.1, -0.05) is 58.4 Å². The molecule has 2 aromatic carbocycles. The van der Waals surface area contributed by atoms with Gasteiger partial charge in [0.1, 0.15) is 6.26 Å². The van der Waals surface area contributed by atoms with Crippen LogP contribution in [0.3, 0.4) is 0 Å². The molecule has 0 spiro atoms. The zero-order chi connectivity index (χ0) is 19.2. The molecule has 1 amide bonds. The Morgan fingerprint density at radius 3 is 2.52 bits per heavy atom. The molecule has 1 heterocycles. The van der Waals surface area contributed by atoms with Crippen LogP contribution >= 0.6 is 15.9 Å². The van der Waals surface area contributed by atoms with E-state index in [1.165, 1.54) is 6.26 Å². The molecule has 6 nitrogen and oxygen atoms in total. The van der Waals surface area contributed by atoms with Gasteiger partial charge in [-0.25, -0.2) is 4.98 Å². The standard InChI is InChI=1S/C20H18BrN3O3/c21-15-8-6-14(7-9-15)18(25)11-23-19(26)17-12-27-20(24-17)16(22)10-13-4-2-1-3-5-13/h1-9,12,16H,10-11,22H2,(H,23,26). The maximum atomic E-state index is 12.2. The Kier molecular flexibility index (Phi) is 6.16. The maximum Gasteiger partial charge on any atom is 0.273 e.